The Morgan fingerprint density at radius 3 is 2.62 bits per heavy atom. The molecule has 0 aliphatic rings. The van der Waals surface area contributed by atoms with Crippen LogP contribution in [-0.4, -0.2) is 24.1 Å². The summed E-state index contributed by atoms with van der Waals surface area (Å²) in [4.78, 5) is 8.07. The Labute approximate surface area is 122 Å². The Hall–Kier alpha value is -2.08. The Bertz CT molecular complexity index is 634. The van der Waals surface area contributed by atoms with Gasteiger partial charge in [0.05, 0.1) is 7.11 Å². The largest absolute Gasteiger partial charge is 0.481 e. The summed E-state index contributed by atoms with van der Waals surface area (Å²) in [5.74, 6) is -0.668. The fourth-order valence-corrected chi connectivity index (χ4v) is 2.12. The summed E-state index contributed by atoms with van der Waals surface area (Å²) in [6.07, 6.45) is 1.84. The molecule has 2 aromatic rings. The topological polar surface area (TPSA) is 47.0 Å². The SMILES string of the molecule is CNC(Cc1cc(OC)ncn1)c1cc(C)c(F)cc1F. The number of aromatic nitrogens is 2. The molecule has 1 atom stereocenters. The quantitative estimate of drug-likeness (QED) is 0.920. The van der Waals surface area contributed by atoms with E-state index < -0.39 is 11.6 Å². The van der Waals surface area contributed by atoms with Crippen LogP contribution in [0.5, 0.6) is 5.88 Å². The van der Waals surface area contributed by atoms with Gasteiger partial charge >= 0.3 is 0 Å². The molecule has 0 fully saturated rings. The van der Waals surface area contributed by atoms with E-state index in [0.717, 1.165) is 6.07 Å². The van der Waals surface area contributed by atoms with Gasteiger partial charge in [-0.3, -0.25) is 0 Å². The van der Waals surface area contributed by atoms with Gasteiger partial charge in [-0.2, -0.15) is 0 Å². The van der Waals surface area contributed by atoms with Crippen LogP contribution in [0.15, 0.2) is 24.5 Å². The molecule has 0 aliphatic carbocycles. The van der Waals surface area contributed by atoms with Crippen molar-refractivity contribution in [1.29, 1.82) is 0 Å². The van der Waals surface area contributed by atoms with E-state index in [0.29, 0.717) is 29.1 Å². The average Bonchev–Trinajstić information content (AvgIpc) is 2.49. The monoisotopic (exact) mass is 293 g/mol. The molecule has 112 valence electrons. The zero-order valence-corrected chi connectivity index (χ0v) is 12.2. The minimum absolute atomic E-state index is 0.316. The van der Waals surface area contributed by atoms with Gasteiger partial charge in [0.15, 0.2) is 0 Å². The molecular weight excluding hydrogens is 276 g/mol. The van der Waals surface area contributed by atoms with Gasteiger partial charge in [-0.1, -0.05) is 0 Å². The number of aryl methyl sites for hydroxylation is 1. The van der Waals surface area contributed by atoms with Crippen molar-refractivity contribution in [3.8, 4) is 5.88 Å². The summed E-state index contributed by atoms with van der Waals surface area (Å²) in [5.41, 5.74) is 1.53. The third-order valence-electron chi connectivity index (χ3n) is 3.32. The van der Waals surface area contributed by atoms with E-state index >= 15 is 0 Å². The third-order valence-corrected chi connectivity index (χ3v) is 3.32. The van der Waals surface area contributed by atoms with Crippen molar-refractivity contribution in [2.24, 2.45) is 0 Å². The second-order valence-corrected chi connectivity index (χ2v) is 4.72. The zero-order valence-electron chi connectivity index (χ0n) is 12.2. The zero-order chi connectivity index (χ0) is 15.4. The lowest BCUT2D eigenvalue weighted by Crippen LogP contribution is -2.21. The molecule has 4 nitrogen and oxygen atoms in total. The molecule has 0 amide bonds. The Kier molecular flexibility index (Phi) is 4.80. The summed E-state index contributed by atoms with van der Waals surface area (Å²) in [7, 11) is 3.24. The highest BCUT2D eigenvalue weighted by atomic mass is 19.1. The number of methoxy groups -OCH3 is 1. The van der Waals surface area contributed by atoms with Gasteiger partial charge in [0.1, 0.15) is 18.0 Å². The first-order valence-corrected chi connectivity index (χ1v) is 6.53. The van der Waals surface area contributed by atoms with E-state index in [4.69, 9.17) is 4.74 Å². The summed E-state index contributed by atoms with van der Waals surface area (Å²) in [6.45, 7) is 1.61. The standard InChI is InChI=1S/C15H17F2N3O/c1-9-4-11(13(17)7-12(9)16)14(18-2)5-10-6-15(21-3)20-8-19-10/h4,6-8,14,18H,5H2,1-3H3. The van der Waals surface area contributed by atoms with Crippen molar-refractivity contribution < 1.29 is 13.5 Å². The molecule has 1 heterocycles. The molecule has 0 saturated carbocycles. The van der Waals surface area contributed by atoms with Gasteiger partial charge in [0, 0.05) is 35.9 Å². The molecule has 0 saturated heterocycles. The first kappa shape index (κ1) is 15.3. The molecule has 0 aliphatic heterocycles. The first-order chi connectivity index (χ1) is 10.0. The van der Waals surface area contributed by atoms with Crippen LogP contribution in [0.25, 0.3) is 0 Å². The van der Waals surface area contributed by atoms with Gasteiger partial charge in [-0.15, -0.1) is 0 Å². The second kappa shape index (κ2) is 6.58. The number of hydrogen-bond donors (Lipinski definition) is 1. The fourth-order valence-electron chi connectivity index (χ4n) is 2.12. The first-order valence-electron chi connectivity index (χ1n) is 6.53. The molecule has 6 heteroatoms. The Balaban J connectivity index is 2.29. The van der Waals surface area contributed by atoms with Crippen LogP contribution in [0.2, 0.25) is 0 Å². The molecule has 1 N–H and O–H groups in total. The van der Waals surface area contributed by atoms with Crippen LogP contribution < -0.4 is 10.1 Å². The van der Waals surface area contributed by atoms with Crippen molar-refractivity contribution in [1.82, 2.24) is 15.3 Å². The van der Waals surface area contributed by atoms with E-state index in [-0.39, 0.29) is 6.04 Å². The summed E-state index contributed by atoms with van der Waals surface area (Å²) < 4.78 is 32.4. The van der Waals surface area contributed by atoms with Crippen LogP contribution in [0.3, 0.4) is 0 Å². The second-order valence-electron chi connectivity index (χ2n) is 4.72. The van der Waals surface area contributed by atoms with Gasteiger partial charge in [0.2, 0.25) is 5.88 Å². The number of ether oxygens (including phenoxy) is 1. The number of nitrogens with one attached hydrogen (secondary N) is 1. The summed E-state index contributed by atoms with van der Waals surface area (Å²) in [6, 6.07) is 3.81. The van der Waals surface area contributed by atoms with Gasteiger partial charge in [0.25, 0.3) is 0 Å². The van der Waals surface area contributed by atoms with Crippen LogP contribution in [-0.2, 0) is 6.42 Å². The maximum absolute atomic E-state index is 14.0. The number of rotatable bonds is 5. The normalized spacial score (nSPS) is 12.2. The third kappa shape index (κ3) is 3.52. The maximum atomic E-state index is 14.0. The summed E-state index contributed by atoms with van der Waals surface area (Å²) in [5, 5.41) is 3.03. The summed E-state index contributed by atoms with van der Waals surface area (Å²) >= 11 is 0. The van der Waals surface area contributed by atoms with Gasteiger partial charge < -0.3 is 10.1 Å². The van der Waals surface area contributed by atoms with E-state index in [1.807, 2.05) is 0 Å². The number of benzene rings is 1. The molecule has 2 rings (SSSR count). The lowest BCUT2D eigenvalue weighted by Gasteiger charge is -2.18. The minimum Gasteiger partial charge on any atom is -0.481 e. The fraction of sp³-hybridized carbons (Fsp3) is 0.333. The smallest absolute Gasteiger partial charge is 0.216 e. The lowest BCUT2D eigenvalue weighted by atomic mass is 9.99. The molecule has 1 aromatic heterocycles. The number of nitrogens with zero attached hydrogens (tertiary/aromatic N) is 2. The van der Waals surface area contributed by atoms with Crippen molar-refractivity contribution in [3.63, 3.8) is 0 Å². The Morgan fingerprint density at radius 1 is 1.19 bits per heavy atom. The van der Waals surface area contributed by atoms with Crippen LogP contribution in [0, 0.1) is 18.6 Å². The number of hydrogen-bond acceptors (Lipinski definition) is 4. The van der Waals surface area contributed by atoms with Crippen molar-refractivity contribution in [3.05, 3.63) is 53.0 Å². The minimum atomic E-state index is -0.571. The molecule has 1 aromatic carbocycles. The highest BCUT2D eigenvalue weighted by Crippen LogP contribution is 2.24. The molecule has 1 unspecified atom stereocenters. The molecule has 0 radical (unpaired) electrons. The molecular formula is C15H17F2N3O. The van der Waals surface area contributed by atoms with Gasteiger partial charge in [-0.25, -0.2) is 18.7 Å². The molecule has 21 heavy (non-hydrogen) atoms. The van der Waals surface area contributed by atoms with Gasteiger partial charge in [-0.05, 0) is 25.6 Å². The number of halogens is 2. The number of likely N-dealkylation sites (N-methyl/N-ethyl adjacent to an activating group) is 1. The predicted octanol–water partition coefficient (Wildman–Crippen LogP) is 2.58. The highest BCUT2D eigenvalue weighted by Gasteiger charge is 2.17. The molecule has 0 bridgehead atoms. The van der Waals surface area contributed by atoms with E-state index in [9.17, 15) is 8.78 Å². The lowest BCUT2D eigenvalue weighted by molar-refractivity contribution is 0.395. The average molecular weight is 293 g/mol. The van der Waals surface area contributed by atoms with Crippen molar-refractivity contribution in [2.75, 3.05) is 14.2 Å². The van der Waals surface area contributed by atoms with Crippen LogP contribution in [0.4, 0.5) is 8.78 Å². The van der Waals surface area contributed by atoms with Crippen molar-refractivity contribution in [2.45, 2.75) is 19.4 Å². The molecule has 0 spiro atoms. The van der Waals surface area contributed by atoms with E-state index in [1.54, 1.807) is 20.0 Å². The highest BCUT2D eigenvalue weighted by molar-refractivity contribution is 5.29. The van der Waals surface area contributed by atoms with Crippen LogP contribution >= 0.6 is 0 Å². The van der Waals surface area contributed by atoms with Crippen molar-refractivity contribution >= 4 is 0 Å². The predicted molar refractivity (Wildman–Crippen MR) is 75.2 cm³/mol. The van der Waals surface area contributed by atoms with E-state index in [2.05, 4.69) is 15.3 Å². The van der Waals surface area contributed by atoms with E-state index in [1.165, 1.54) is 19.5 Å². The van der Waals surface area contributed by atoms with Crippen LogP contribution in [0.1, 0.15) is 22.9 Å². The Morgan fingerprint density at radius 2 is 1.95 bits per heavy atom. The maximum Gasteiger partial charge on any atom is 0.216 e.